The molecule has 1 amide bonds. The van der Waals surface area contributed by atoms with Gasteiger partial charge in [0, 0.05) is 30.4 Å². The van der Waals surface area contributed by atoms with E-state index in [2.05, 4.69) is 27.3 Å². The first kappa shape index (κ1) is 21.1. The van der Waals surface area contributed by atoms with Crippen LogP contribution in [0.25, 0.3) is 11.3 Å². The maximum absolute atomic E-state index is 12.4. The first-order valence-electron chi connectivity index (χ1n) is 11.2. The van der Waals surface area contributed by atoms with Gasteiger partial charge in [-0.2, -0.15) is 0 Å². The Kier molecular flexibility index (Phi) is 5.97. The van der Waals surface area contributed by atoms with E-state index in [9.17, 15) is 4.79 Å². The fourth-order valence-corrected chi connectivity index (χ4v) is 3.95. The van der Waals surface area contributed by atoms with Crippen LogP contribution in [0.4, 0.5) is 11.5 Å². The number of hydrogen-bond acceptors (Lipinski definition) is 7. The first-order valence-corrected chi connectivity index (χ1v) is 11.2. The van der Waals surface area contributed by atoms with Crippen molar-refractivity contribution < 1.29 is 19.0 Å². The minimum Gasteiger partial charge on any atom is -0.484 e. The Labute approximate surface area is 192 Å². The lowest BCUT2D eigenvalue weighted by atomic mass is 9.99. The lowest BCUT2D eigenvalue weighted by Crippen LogP contribution is -2.33. The summed E-state index contributed by atoms with van der Waals surface area (Å²) in [6.45, 7) is 4.41. The Morgan fingerprint density at radius 2 is 1.91 bits per heavy atom. The van der Waals surface area contributed by atoms with Gasteiger partial charge >= 0.3 is 0 Å². The molecule has 1 aromatic heterocycles. The van der Waals surface area contributed by atoms with Crippen molar-refractivity contribution >= 4 is 17.4 Å². The van der Waals surface area contributed by atoms with Crippen LogP contribution in [0, 0.1) is 5.92 Å². The number of amides is 1. The lowest BCUT2D eigenvalue weighted by molar-refractivity contribution is -0.118. The highest BCUT2D eigenvalue weighted by molar-refractivity contribution is 5.92. The molecule has 0 saturated carbocycles. The van der Waals surface area contributed by atoms with Crippen LogP contribution >= 0.6 is 0 Å². The van der Waals surface area contributed by atoms with E-state index < -0.39 is 0 Å². The van der Waals surface area contributed by atoms with E-state index in [4.69, 9.17) is 14.2 Å². The van der Waals surface area contributed by atoms with Crippen LogP contribution in [0.5, 0.6) is 17.2 Å². The van der Waals surface area contributed by atoms with Crippen molar-refractivity contribution in [3.8, 4) is 28.5 Å². The van der Waals surface area contributed by atoms with Gasteiger partial charge in [-0.1, -0.05) is 19.1 Å². The van der Waals surface area contributed by atoms with Gasteiger partial charge in [0.2, 0.25) is 6.79 Å². The highest BCUT2D eigenvalue weighted by atomic mass is 16.7. The third kappa shape index (κ3) is 5.00. The molecule has 1 fully saturated rings. The largest absolute Gasteiger partial charge is 0.484 e. The fourth-order valence-electron chi connectivity index (χ4n) is 3.95. The van der Waals surface area contributed by atoms with E-state index >= 15 is 0 Å². The number of nitrogens with zero attached hydrogens (tertiary/aromatic N) is 3. The molecule has 0 radical (unpaired) electrons. The number of fused-ring (bicyclic) bond motifs is 1. The molecule has 3 heterocycles. The zero-order valence-corrected chi connectivity index (χ0v) is 18.5. The summed E-state index contributed by atoms with van der Waals surface area (Å²) in [5, 5.41) is 11.7. The van der Waals surface area contributed by atoms with Gasteiger partial charge in [0.25, 0.3) is 5.91 Å². The van der Waals surface area contributed by atoms with Gasteiger partial charge < -0.3 is 24.4 Å². The lowest BCUT2D eigenvalue weighted by Gasteiger charge is -2.30. The van der Waals surface area contributed by atoms with Crippen LogP contribution < -0.4 is 24.4 Å². The smallest absolute Gasteiger partial charge is 0.262 e. The van der Waals surface area contributed by atoms with E-state index in [-0.39, 0.29) is 19.3 Å². The SMILES string of the molecule is CC1CCN(c2ccc(-c3cccc(NC(=O)COc4ccc5c(c4)OCO5)c3)nn2)CC1. The maximum atomic E-state index is 12.4. The van der Waals surface area contributed by atoms with Crippen LogP contribution in [0.2, 0.25) is 0 Å². The number of carbonyl (C=O) groups is 1. The van der Waals surface area contributed by atoms with Crippen LogP contribution in [0.15, 0.2) is 54.6 Å². The maximum Gasteiger partial charge on any atom is 0.262 e. The van der Waals surface area contributed by atoms with Gasteiger partial charge in [-0.25, -0.2) is 0 Å². The molecule has 1 saturated heterocycles. The molecule has 0 aliphatic carbocycles. The topological polar surface area (TPSA) is 85.8 Å². The molecule has 2 aliphatic heterocycles. The minimum absolute atomic E-state index is 0.118. The summed E-state index contributed by atoms with van der Waals surface area (Å²) in [5.74, 6) is 3.25. The van der Waals surface area contributed by atoms with Gasteiger partial charge in [-0.15, -0.1) is 10.2 Å². The predicted molar refractivity (Wildman–Crippen MR) is 125 cm³/mol. The molecular weight excluding hydrogens is 420 g/mol. The molecule has 0 spiro atoms. The van der Waals surface area contributed by atoms with E-state index in [1.165, 1.54) is 12.8 Å². The summed E-state index contributed by atoms with van der Waals surface area (Å²) in [6, 6.07) is 16.8. The summed E-state index contributed by atoms with van der Waals surface area (Å²) in [4.78, 5) is 14.7. The monoisotopic (exact) mass is 446 g/mol. The molecule has 0 bridgehead atoms. The van der Waals surface area contributed by atoms with E-state index in [0.29, 0.717) is 22.9 Å². The average Bonchev–Trinajstić information content (AvgIpc) is 3.32. The molecule has 8 nitrogen and oxygen atoms in total. The van der Waals surface area contributed by atoms with Crippen LogP contribution in [0.1, 0.15) is 19.8 Å². The summed E-state index contributed by atoms with van der Waals surface area (Å²) in [5.41, 5.74) is 2.32. The molecule has 33 heavy (non-hydrogen) atoms. The number of nitrogens with one attached hydrogen (secondary N) is 1. The van der Waals surface area contributed by atoms with Gasteiger partial charge in [0.05, 0.1) is 5.69 Å². The second-order valence-corrected chi connectivity index (χ2v) is 8.38. The average molecular weight is 447 g/mol. The van der Waals surface area contributed by atoms with E-state index in [1.807, 2.05) is 36.4 Å². The number of benzene rings is 2. The van der Waals surface area contributed by atoms with Gasteiger partial charge in [-0.05, 0) is 55.2 Å². The standard InChI is InChI=1S/C25H26N4O4/c1-17-9-11-29(12-10-17)24-8-6-21(27-28-24)18-3-2-4-19(13-18)26-25(30)15-31-20-5-7-22-23(14-20)33-16-32-22/h2-8,13-14,17H,9-12,15-16H2,1H3,(H,26,30). The zero-order valence-electron chi connectivity index (χ0n) is 18.5. The Morgan fingerprint density at radius 1 is 1.06 bits per heavy atom. The molecular formula is C25H26N4O4. The van der Waals surface area contributed by atoms with Crippen molar-refractivity contribution in [2.75, 3.05) is 36.7 Å². The van der Waals surface area contributed by atoms with Crippen molar-refractivity contribution in [2.45, 2.75) is 19.8 Å². The third-order valence-corrected chi connectivity index (χ3v) is 5.91. The molecule has 0 unspecified atom stereocenters. The second-order valence-electron chi connectivity index (χ2n) is 8.38. The normalized spacial score (nSPS) is 15.4. The van der Waals surface area contributed by atoms with Crippen LogP contribution in [-0.4, -0.2) is 42.6 Å². The molecule has 3 aromatic rings. The highest BCUT2D eigenvalue weighted by Crippen LogP contribution is 2.35. The van der Waals surface area contributed by atoms with Gasteiger partial charge in [-0.3, -0.25) is 4.79 Å². The Morgan fingerprint density at radius 3 is 2.73 bits per heavy atom. The number of anilines is 2. The third-order valence-electron chi connectivity index (χ3n) is 5.91. The minimum atomic E-state index is -0.259. The summed E-state index contributed by atoms with van der Waals surface area (Å²) in [7, 11) is 0. The van der Waals surface area contributed by atoms with Crippen LogP contribution in [0.3, 0.4) is 0 Å². The highest BCUT2D eigenvalue weighted by Gasteiger charge is 2.17. The summed E-state index contributed by atoms with van der Waals surface area (Å²) < 4.78 is 16.2. The van der Waals surface area contributed by atoms with E-state index in [0.717, 1.165) is 36.1 Å². The number of rotatable bonds is 6. The molecule has 1 N–H and O–H groups in total. The number of hydrogen-bond donors (Lipinski definition) is 1. The van der Waals surface area contributed by atoms with Crippen molar-refractivity contribution in [3.63, 3.8) is 0 Å². The Balaban J connectivity index is 1.19. The summed E-state index contributed by atoms with van der Waals surface area (Å²) >= 11 is 0. The van der Waals surface area contributed by atoms with Crippen molar-refractivity contribution in [2.24, 2.45) is 5.92 Å². The molecule has 170 valence electrons. The zero-order chi connectivity index (χ0) is 22.6. The van der Waals surface area contributed by atoms with Gasteiger partial charge in [0.15, 0.2) is 23.9 Å². The van der Waals surface area contributed by atoms with E-state index in [1.54, 1.807) is 18.2 Å². The predicted octanol–water partition coefficient (Wildman–Crippen LogP) is 4.13. The van der Waals surface area contributed by atoms with Crippen molar-refractivity contribution in [1.82, 2.24) is 10.2 Å². The number of carbonyl (C=O) groups excluding carboxylic acids is 1. The Hall–Kier alpha value is -3.81. The van der Waals surface area contributed by atoms with Crippen molar-refractivity contribution in [3.05, 3.63) is 54.6 Å². The fraction of sp³-hybridized carbons (Fsp3) is 0.320. The molecule has 0 atom stereocenters. The number of piperidine rings is 1. The number of aromatic nitrogens is 2. The summed E-state index contributed by atoms with van der Waals surface area (Å²) in [6.07, 6.45) is 2.37. The molecule has 8 heteroatoms. The molecule has 2 aliphatic rings. The van der Waals surface area contributed by atoms with Crippen LogP contribution in [-0.2, 0) is 4.79 Å². The first-order chi connectivity index (χ1) is 16.1. The quantitative estimate of drug-likeness (QED) is 0.609. The number of ether oxygens (including phenoxy) is 3. The Bertz CT molecular complexity index is 1130. The van der Waals surface area contributed by atoms with Gasteiger partial charge in [0.1, 0.15) is 5.75 Å². The second kappa shape index (κ2) is 9.36. The molecule has 2 aromatic carbocycles. The van der Waals surface area contributed by atoms with Crippen molar-refractivity contribution in [1.29, 1.82) is 0 Å². The molecule has 5 rings (SSSR count).